The first-order chi connectivity index (χ1) is 15.6. The molecule has 170 valence electrons. The number of aryl methyl sites for hydroxylation is 2. The molecule has 0 saturated carbocycles. The van der Waals surface area contributed by atoms with E-state index in [-0.39, 0.29) is 5.75 Å². The molecule has 0 aliphatic rings. The van der Waals surface area contributed by atoms with Crippen LogP contribution < -0.4 is 18.9 Å². The lowest BCUT2D eigenvalue weighted by molar-refractivity contribution is 0.300. The highest BCUT2D eigenvalue weighted by Gasteiger charge is 2.10. The molecule has 0 radical (unpaired) electrons. The van der Waals surface area contributed by atoms with Gasteiger partial charge in [0.1, 0.15) is 35.4 Å². The van der Waals surface area contributed by atoms with Gasteiger partial charge in [-0.2, -0.15) is 0 Å². The summed E-state index contributed by atoms with van der Waals surface area (Å²) in [4.78, 5) is 0. The van der Waals surface area contributed by atoms with Crippen LogP contribution in [0.2, 0.25) is 0 Å². The third-order valence-electron chi connectivity index (χ3n) is 5.15. The van der Waals surface area contributed by atoms with Crippen LogP contribution in [0.3, 0.4) is 0 Å². The van der Waals surface area contributed by atoms with Crippen LogP contribution in [-0.4, -0.2) is 25.4 Å². The second kappa shape index (κ2) is 11.9. The molecule has 5 nitrogen and oxygen atoms in total. The number of hydrogen-bond donors (Lipinski definition) is 1. The lowest BCUT2D eigenvalue weighted by Crippen LogP contribution is -2.01. The van der Waals surface area contributed by atoms with Crippen molar-refractivity contribution < 1.29 is 24.1 Å². The number of phenolic OH excluding ortho intramolecular Hbond substituents is 1. The van der Waals surface area contributed by atoms with Crippen molar-refractivity contribution in [2.24, 2.45) is 0 Å². The van der Waals surface area contributed by atoms with Crippen LogP contribution in [0.25, 0.3) is 0 Å². The molecule has 0 spiro atoms. The molecule has 0 aliphatic carbocycles. The fraction of sp³-hybridized carbons (Fsp3) is 0.333. The van der Waals surface area contributed by atoms with Gasteiger partial charge < -0.3 is 24.1 Å². The Kier molecular flexibility index (Phi) is 8.67. The molecule has 1 N–H and O–H groups in total. The van der Waals surface area contributed by atoms with Gasteiger partial charge in [-0.05, 0) is 74.1 Å². The summed E-state index contributed by atoms with van der Waals surface area (Å²) in [5.41, 5.74) is 3.27. The zero-order chi connectivity index (χ0) is 22.8. The molecular formula is C27H32O5. The summed E-state index contributed by atoms with van der Waals surface area (Å²) >= 11 is 0. The van der Waals surface area contributed by atoms with Gasteiger partial charge in [-0.1, -0.05) is 24.3 Å². The Balaban J connectivity index is 1.63. The minimum atomic E-state index is 0.198. The van der Waals surface area contributed by atoms with Crippen LogP contribution in [0.1, 0.15) is 37.0 Å². The normalized spacial score (nSPS) is 10.6. The SMILES string of the molecule is CCOc1ccc(CCCc2ccc(O)cc2OCc2ccc(OC)cc2)c(OCC)c1. The van der Waals surface area contributed by atoms with Crippen LogP contribution in [0, 0.1) is 0 Å². The van der Waals surface area contributed by atoms with Gasteiger partial charge in [0.2, 0.25) is 0 Å². The third kappa shape index (κ3) is 6.58. The van der Waals surface area contributed by atoms with Crippen molar-refractivity contribution >= 4 is 0 Å². The topological polar surface area (TPSA) is 57.2 Å². The third-order valence-corrected chi connectivity index (χ3v) is 5.15. The van der Waals surface area contributed by atoms with E-state index in [1.165, 1.54) is 0 Å². The van der Waals surface area contributed by atoms with Crippen molar-refractivity contribution in [1.82, 2.24) is 0 Å². The quantitative estimate of drug-likeness (QED) is 0.380. The van der Waals surface area contributed by atoms with Gasteiger partial charge in [0.05, 0.1) is 20.3 Å². The van der Waals surface area contributed by atoms with Crippen molar-refractivity contribution in [2.75, 3.05) is 20.3 Å². The minimum Gasteiger partial charge on any atom is -0.508 e. The Hall–Kier alpha value is -3.34. The monoisotopic (exact) mass is 436 g/mol. The average molecular weight is 437 g/mol. The molecule has 0 atom stereocenters. The van der Waals surface area contributed by atoms with Crippen LogP contribution >= 0.6 is 0 Å². The molecule has 0 unspecified atom stereocenters. The van der Waals surface area contributed by atoms with E-state index in [1.54, 1.807) is 19.2 Å². The van der Waals surface area contributed by atoms with E-state index in [0.29, 0.717) is 25.6 Å². The van der Waals surface area contributed by atoms with Crippen molar-refractivity contribution in [2.45, 2.75) is 39.7 Å². The van der Waals surface area contributed by atoms with Crippen LogP contribution in [0.5, 0.6) is 28.7 Å². The highest BCUT2D eigenvalue weighted by Crippen LogP contribution is 2.29. The number of aromatic hydroxyl groups is 1. The van der Waals surface area contributed by atoms with Crippen molar-refractivity contribution in [3.05, 3.63) is 77.4 Å². The summed E-state index contributed by atoms with van der Waals surface area (Å²) < 4.78 is 22.7. The van der Waals surface area contributed by atoms with Gasteiger partial charge in [0, 0.05) is 12.1 Å². The predicted octanol–water partition coefficient (Wildman–Crippen LogP) is 5.95. The minimum absolute atomic E-state index is 0.198. The summed E-state index contributed by atoms with van der Waals surface area (Å²) in [6.07, 6.45) is 2.63. The van der Waals surface area contributed by atoms with E-state index in [2.05, 4.69) is 6.07 Å². The number of benzene rings is 3. The fourth-order valence-electron chi connectivity index (χ4n) is 3.52. The van der Waals surface area contributed by atoms with Crippen molar-refractivity contribution in [3.8, 4) is 28.7 Å². The molecule has 0 amide bonds. The molecule has 5 heteroatoms. The predicted molar refractivity (Wildman–Crippen MR) is 126 cm³/mol. The lowest BCUT2D eigenvalue weighted by atomic mass is 10.0. The Morgan fingerprint density at radius 2 is 1.31 bits per heavy atom. The Morgan fingerprint density at radius 3 is 1.97 bits per heavy atom. The second-order valence-electron chi connectivity index (χ2n) is 7.42. The molecule has 3 aromatic rings. The summed E-state index contributed by atoms with van der Waals surface area (Å²) in [6.45, 7) is 5.63. The standard InChI is InChI=1S/C27H32O5/c1-4-30-25-16-12-22(27(18-25)31-5-2)8-6-7-21-11-13-23(28)17-26(21)32-19-20-9-14-24(29-3)15-10-20/h9-18,28H,4-8,19H2,1-3H3. The van der Waals surface area contributed by atoms with Crippen molar-refractivity contribution in [3.63, 3.8) is 0 Å². The first-order valence-corrected chi connectivity index (χ1v) is 11.1. The summed E-state index contributed by atoms with van der Waals surface area (Å²) in [5, 5.41) is 9.95. The maximum Gasteiger partial charge on any atom is 0.126 e. The van der Waals surface area contributed by atoms with E-state index >= 15 is 0 Å². The zero-order valence-corrected chi connectivity index (χ0v) is 19.1. The number of hydrogen-bond acceptors (Lipinski definition) is 5. The van der Waals surface area contributed by atoms with Crippen molar-refractivity contribution in [1.29, 1.82) is 0 Å². The smallest absolute Gasteiger partial charge is 0.126 e. The second-order valence-corrected chi connectivity index (χ2v) is 7.42. The highest BCUT2D eigenvalue weighted by atomic mass is 16.5. The van der Waals surface area contributed by atoms with Gasteiger partial charge in [0.25, 0.3) is 0 Å². The van der Waals surface area contributed by atoms with Crippen LogP contribution in [-0.2, 0) is 19.4 Å². The summed E-state index contributed by atoms with van der Waals surface area (Å²) in [6, 6.07) is 19.1. The molecule has 3 aromatic carbocycles. The summed E-state index contributed by atoms with van der Waals surface area (Å²) in [5.74, 6) is 3.42. The molecular weight excluding hydrogens is 404 g/mol. The maximum atomic E-state index is 9.95. The van der Waals surface area contributed by atoms with E-state index in [9.17, 15) is 5.11 Å². The van der Waals surface area contributed by atoms with E-state index < -0.39 is 0 Å². The molecule has 0 bridgehead atoms. The lowest BCUT2D eigenvalue weighted by Gasteiger charge is -2.14. The molecule has 0 aliphatic heterocycles. The number of phenols is 1. The fourth-order valence-corrected chi connectivity index (χ4v) is 3.52. The van der Waals surface area contributed by atoms with E-state index in [1.807, 2.05) is 56.3 Å². The van der Waals surface area contributed by atoms with Crippen LogP contribution in [0.15, 0.2) is 60.7 Å². The zero-order valence-electron chi connectivity index (χ0n) is 19.1. The first-order valence-electron chi connectivity index (χ1n) is 11.1. The van der Waals surface area contributed by atoms with Gasteiger partial charge in [-0.25, -0.2) is 0 Å². The van der Waals surface area contributed by atoms with Crippen LogP contribution in [0.4, 0.5) is 0 Å². The average Bonchev–Trinajstić information content (AvgIpc) is 2.81. The molecule has 0 aromatic heterocycles. The molecule has 3 rings (SSSR count). The highest BCUT2D eigenvalue weighted by molar-refractivity contribution is 5.42. The first kappa shape index (κ1) is 23.3. The number of rotatable bonds is 12. The van der Waals surface area contributed by atoms with E-state index in [4.69, 9.17) is 18.9 Å². The largest absolute Gasteiger partial charge is 0.508 e. The number of methoxy groups -OCH3 is 1. The Bertz CT molecular complexity index is 982. The van der Waals surface area contributed by atoms with Gasteiger partial charge in [-0.3, -0.25) is 0 Å². The maximum absolute atomic E-state index is 9.95. The Morgan fingerprint density at radius 1 is 0.688 bits per heavy atom. The summed E-state index contributed by atoms with van der Waals surface area (Å²) in [7, 11) is 1.65. The molecule has 32 heavy (non-hydrogen) atoms. The van der Waals surface area contributed by atoms with E-state index in [0.717, 1.165) is 53.2 Å². The number of ether oxygens (including phenoxy) is 4. The van der Waals surface area contributed by atoms with Gasteiger partial charge in [-0.15, -0.1) is 0 Å². The molecule has 0 fully saturated rings. The molecule has 0 heterocycles. The Labute approximate surface area is 190 Å². The molecule has 0 saturated heterocycles. The van der Waals surface area contributed by atoms with Gasteiger partial charge in [0.15, 0.2) is 0 Å². The van der Waals surface area contributed by atoms with Gasteiger partial charge >= 0.3 is 0 Å².